The summed E-state index contributed by atoms with van der Waals surface area (Å²) < 4.78 is 10.5. The topological polar surface area (TPSA) is 126 Å². The number of aryl methyl sites for hydroxylation is 1. The van der Waals surface area contributed by atoms with Crippen LogP contribution >= 0.6 is 11.3 Å². The number of nitrogens with zero attached hydrogens (tertiary/aromatic N) is 2. The molecule has 0 spiro atoms. The van der Waals surface area contributed by atoms with Crippen LogP contribution in [0.25, 0.3) is 5.76 Å². The predicted octanol–water partition coefficient (Wildman–Crippen LogP) is 3.89. The first-order chi connectivity index (χ1) is 17.2. The molecule has 0 saturated carbocycles. The molecule has 2 atom stereocenters. The van der Waals surface area contributed by atoms with Gasteiger partial charge < -0.3 is 19.7 Å². The fourth-order valence-electron chi connectivity index (χ4n) is 4.49. The molecule has 3 aromatic rings. The second-order valence-corrected chi connectivity index (χ2v) is 9.60. The van der Waals surface area contributed by atoms with Gasteiger partial charge in [-0.1, -0.05) is 23.5 Å². The van der Waals surface area contributed by atoms with Crippen LogP contribution in [0.3, 0.4) is 0 Å². The first-order valence-corrected chi connectivity index (χ1v) is 12.0. The van der Waals surface area contributed by atoms with E-state index in [4.69, 9.17) is 9.47 Å². The Balaban J connectivity index is 1.68. The maximum atomic E-state index is 13.3. The SMILES string of the molecule is COC(=O)c1sc(N2C(=O)C(=O)C(=C(O)c3ccc4c(c3)CC(C)O4)C2c2ccc(O)cc2)nc1C. The summed E-state index contributed by atoms with van der Waals surface area (Å²) in [7, 11) is 1.24. The fourth-order valence-corrected chi connectivity index (χ4v) is 5.51. The molecule has 10 heteroatoms. The van der Waals surface area contributed by atoms with Crippen LogP contribution in [-0.2, 0) is 20.7 Å². The molecule has 1 saturated heterocycles. The van der Waals surface area contributed by atoms with Gasteiger partial charge in [0.05, 0.1) is 24.4 Å². The summed E-state index contributed by atoms with van der Waals surface area (Å²) in [4.78, 5) is 44.5. The van der Waals surface area contributed by atoms with Crippen molar-refractivity contribution in [3.63, 3.8) is 0 Å². The number of aromatic hydroxyl groups is 1. The Bertz CT molecular complexity index is 1440. The molecule has 184 valence electrons. The van der Waals surface area contributed by atoms with Gasteiger partial charge in [0.2, 0.25) is 0 Å². The number of Topliss-reactive ketones (excluding diaryl/α,β-unsaturated/α-hetero) is 1. The molecule has 2 aliphatic heterocycles. The molecule has 3 heterocycles. The third-order valence-electron chi connectivity index (χ3n) is 6.18. The smallest absolute Gasteiger partial charge is 0.350 e. The zero-order chi connectivity index (χ0) is 25.7. The third kappa shape index (κ3) is 3.79. The number of esters is 1. The number of ketones is 1. The number of rotatable bonds is 4. The number of thiazole rings is 1. The number of carbonyl (C=O) groups excluding carboxylic acids is 3. The fraction of sp³-hybridized carbons (Fsp3) is 0.231. The van der Waals surface area contributed by atoms with Gasteiger partial charge in [0.1, 0.15) is 28.2 Å². The van der Waals surface area contributed by atoms with Gasteiger partial charge in [-0.15, -0.1) is 0 Å². The minimum Gasteiger partial charge on any atom is -0.508 e. The van der Waals surface area contributed by atoms with E-state index >= 15 is 0 Å². The lowest BCUT2D eigenvalue weighted by atomic mass is 9.94. The summed E-state index contributed by atoms with van der Waals surface area (Å²) in [5.41, 5.74) is 1.96. The van der Waals surface area contributed by atoms with E-state index < -0.39 is 23.7 Å². The number of ether oxygens (including phenoxy) is 2. The van der Waals surface area contributed by atoms with Crippen LogP contribution in [0.4, 0.5) is 5.13 Å². The van der Waals surface area contributed by atoms with Gasteiger partial charge in [0, 0.05) is 12.0 Å². The number of fused-ring (bicyclic) bond motifs is 1. The van der Waals surface area contributed by atoms with Crippen LogP contribution < -0.4 is 9.64 Å². The highest BCUT2D eigenvalue weighted by Crippen LogP contribution is 2.44. The summed E-state index contributed by atoms with van der Waals surface area (Å²) in [6, 6.07) is 10.1. The lowest BCUT2D eigenvalue weighted by Gasteiger charge is -2.23. The Kier molecular flexibility index (Phi) is 5.76. The average Bonchev–Trinajstić information content (AvgIpc) is 3.50. The number of carbonyl (C=O) groups is 3. The summed E-state index contributed by atoms with van der Waals surface area (Å²) >= 11 is 0.920. The number of aromatic nitrogens is 1. The number of aliphatic hydroxyl groups is 1. The molecule has 1 amide bonds. The number of benzene rings is 2. The van der Waals surface area contributed by atoms with Crippen molar-refractivity contribution >= 4 is 39.9 Å². The minimum atomic E-state index is -1.04. The van der Waals surface area contributed by atoms with Crippen LogP contribution in [-0.4, -0.2) is 46.1 Å². The van der Waals surface area contributed by atoms with Gasteiger partial charge in [0.25, 0.3) is 5.78 Å². The molecule has 0 aliphatic carbocycles. The highest BCUT2D eigenvalue weighted by molar-refractivity contribution is 7.17. The van der Waals surface area contributed by atoms with Crippen LogP contribution in [0.5, 0.6) is 11.5 Å². The van der Waals surface area contributed by atoms with Gasteiger partial charge in [-0.05, 0) is 55.3 Å². The second-order valence-electron chi connectivity index (χ2n) is 8.62. The quantitative estimate of drug-likeness (QED) is 0.236. The van der Waals surface area contributed by atoms with Crippen LogP contribution in [0.15, 0.2) is 48.0 Å². The van der Waals surface area contributed by atoms with Gasteiger partial charge in [-0.2, -0.15) is 0 Å². The van der Waals surface area contributed by atoms with Crippen LogP contribution in [0.2, 0.25) is 0 Å². The molecule has 9 nitrogen and oxygen atoms in total. The van der Waals surface area contributed by atoms with Gasteiger partial charge in [-0.25, -0.2) is 9.78 Å². The molecule has 2 aliphatic rings. The standard InChI is InChI=1S/C26H22N2O7S/c1-12-10-16-11-15(6-9-18(16)35-12)21(30)19-20(14-4-7-17(29)8-5-14)28(24(32)22(19)31)26-27-13(2)23(36-26)25(33)34-3/h4-9,11-12,20,29-30H,10H2,1-3H3. The number of methoxy groups -OCH3 is 1. The van der Waals surface area contributed by atoms with Crippen LogP contribution in [0, 0.1) is 6.92 Å². The Morgan fingerprint density at radius 3 is 2.61 bits per heavy atom. The lowest BCUT2D eigenvalue weighted by molar-refractivity contribution is -0.132. The Morgan fingerprint density at radius 2 is 1.92 bits per heavy atom. The number of hydrogen-bond donors (Lipinski definition) is 2. The summed E-state index contributed by atoms with van der Waals surface area (Å²) in [5.74, 6) is -2.01. The summed E-state index contributed by atoms with van der Waals surface area (Å²) in [6.07, 6.45) is 0.651. The van der Waals surface area contributed by atoms with Gasteiger partial charge in [0.15, 0.2) is 5.13 Å². The summed E-state index contributed by atoms with van der Waals surface area (Å²) in [6.45, 7) is 3.54. The van der Waals surface area contributed by atoms with E-state index in [0.29, 0.717) is 29.0 Å². The lowest BCUT2D eigenvalue weighted by Crippen LogP contribution is -2.29. The maximum absolute atomic E-state index is 13.3. The minimum absolute atomic E-state index is 0.00140. The predicted molar refractivity (Wildman–Crippen MR) is 131 cm³/mol. The highest BCUT2D eigenvalue weighted by atomic mass is 32.1. The van der Waals surface area contributed by atoms with Crippen molar-refractivity contribution in [1.82, 2.24) is 4.98 Å². The molecule has 2 unspecified atom stereocenters. The van der Waals surface area contributed by atoms with E-state index in [1.54, 1.807) is 37.3 Å². The Labute approximate surface area is 210 Å². The Hall–Kier alpha value is -4.18. The first-order valence-electron chi connectivity index (χ1n) is 11.1. The van der Waals surface area contributed by atoms with Crippen molar-refractivity contribution < 1.29 is 34.1 Å². The highest BCUT2D eigenvalue weighted by Gasteiger charge is 2.48. The zero-order valence-corrected chi connectivity index (χ0v) is 20.5. The maximum Gasteiger partial charge on any atom is 0.350 e. The van der Waals surface area contributed by atoms with E-state index in [1.165, 1.54) is 24.1 Å². The number of hydrogen-bond acceptors (Lipinski definition) is 9. The molecule has 1 fully saturated rings. The van der Waals surface area contributed by atoms with Crippen molar-refractivity contribution in [1.29, 1.82) is 0 Å². The van der Waals surface area contributed by atoms with Crippen molar-refractivity contribution in [2.45, 2.75) is 32.4 Å². The van der Waals surface area contributed by atoms with E-state index in [-0.39, 0.29) is 33.2 Å². The van der Waals surface area contributed by atoms with E-state index in [1.807, 2.05) is 6.92 Å². The summed E-state index contributed by atoms with van der Waals surface area (Å²) in [5, 5.41) is 21.3. The van der Waals surface area contributed by atoms with Crippen molar-refractivity contribution in [3.05, 3.63) is 75.3 Å². The molecule has 5 rings (SSSR count). The monoisotopic (exact) mass is 506 g/mol. The molecular formula is C26H22N2O7S. The van der Waals surface area contributed by atoms with Gasteiger partial charge in [-0.3, -0.25) is 14.5 Å². The van der Waals surface area contributed by atoms with Gasteiger partial charge >= 0.3 is 11.9 Å². The number of anilines is 1. The molecule has 1 aromatic heterocycles. The molecule has 2 N–H and O–H groups in total. The Morgan fingerprint density at radius 1 is 1.19 bits per heavy atom. The molecule has 0 radical (unpaired) electrons. The molecule has 0 bridgehead atoms. The third-order valence-corrected chi connectivity index (χ3v) is 7.32. The number of aliphatic hydroxyl groups excluding tert-OH is 1. The normalized spacial score (nSPS) is 20.4. The van der Waals surface area contributed by atoms with Crippen molar-refractivity contribution in [2.75, 3.05) is 12.0 Å². The average molecular weight is 507 g/mol. The van der Waals surface area contributed by atoms with Crippen molar-refractivity contribution in [3.8, 4) is 11.5 Å². The zero-order valence-electron chi connectivity index (χ0n) is 19.6. The number of phenols is 1. The molecule has 2 aromatic carbocycles. The van der Waals surface area contributed by atoms with E-state index in [0.717, 1.165) is 16.9 Å². The largest absolute Gasteiger partial charge is 0.508 e. The number of amides is 1. The first kappa shape index (κ1) is 23.6. The van der Waals surface area contributed by atoms with E-state index in [2.05, 4.69) is 4.98 Å². The van der Waals surface area contributed by atoms with Crippen LogP contribution in [0.1, 0.15) is 45.0 Å². The number of phenolic OH excluding ortho intramolecular Hbond substituents is 1. The molecular weight excluding hydrogens is 484 g/mol. The second kappa shape index (κ2) is 8.80. The van der Waals surface area contributed by atoms with E-state index in [9.17, 15) is 24.6 Å². The van der Waals surface area contributed by atoms with Crippen molar-refractivity contribution in [2.24, 2.45) is 0 Å². The molecule has 36 heavy (non-hydrogen) atoms.